The van der Waals surface area contributed by atoms with Crippen molar-refractivity contribution < 1.29 is 4.39 Å². The van der Waals surface area contributed by atoms with Gasteiger partial charge in [-0.2, -0.15) is 0 Å². The third kappa shape index (κ3) is 5.60. The molecule has 1 aliphatic rings. The smallest absolute Gasteiger partial charge is 0.188 e. The molecule has 0 bridgehead atoms. The molecular formula is C27H30FN5S2. The normalized spacial score (nSPS) is 14.6. The topological polar surface area (TPSA) is 62.7 Å². The van der Waals surface area contributed by atoms with Gasteiger partial charge in [-0.15, -0.1) is 35.8 Å². The monoisotopic (exact) mass is 507 g/mol. The standard InChI is InChI=1S/C25H26FN5S2.C2H4/c1-4-23-27-15(3)24(33-23)21-13-32-25(30-21)31-22-11-9-16-18(6-5-7-19(16)29-22)28-20-10-8-14(2)12-17(20)26;1-2/h8-13,18,28H,4-7H2,1-3H3,(H,29,30,31);1-2H2. The van der Waals surface area contributed by atoms with Gasteiger partial charge in [0, 0.05) is 11.1 Å². The van der Waals surface area contributed by atoms with E-state index in [1.165, 1.54) is 0 Å². The molecule has 5 nitrogen and oxygen atoms in total. The van der Waals surface area contributed by atoms with Crippen LogP contribution in [-0.2, 0) is 12.8 Å². The molecule has 1 unspecified atom stereocenters. The van der Waals surface area contributed by atoms with Crippen LogP contribution in [-0.4, -0.2) is 15.0 Å². The van der Waals surface area contributed by atoms with Gasteiger partial charge in [-0.05, 0) is 68.9 Å². The average Bonchev–Trinajstić information content (AvgIpc) is 3.48. The van der Waals surface area contributed by atoms with Crippen molar-refractivity contribution in [1.82, 2.24) is 15.0 Å². The lowest BCUT2D eigenvalue weighted by Gasteiger charge is -2.27. The lowest BCUT2D eigenvalue weighted by molar-refractivity contribution is 0.578. The lowest BCUT2D eigenvalue weighted by atomic mass is 9.91. The average molecular weight is 508 g/mol. The van der Waals surface area contributed by atoms with Crippen molar-refractivity contribution >= 4 is 39.3 Å². The van der Waals surface area contributed by atoms with Crippen LogP contribution >= 0.6 is 22.7 Å². The molecule has 0 aliphatic heterocycles. The summed E-state index contributed by atoms with van der Waals surface area (Å²) < 4.78 is 14.4. The molecule has 3 aromatic heterocycles. The van der Waals surface area contributed by atoms with Gasteiger partial charge < -0.3 is 10.6 Å². The molecule has 1 atom stereocenters. The van der Waals surface area contributed by atoms with Crippen molar-refractivity contribution in [2.75, 3.05) is 10.6 Å². The number of aromatic nitrogens is 3. The number of anilines is 3. The Hall–Kier alpha value is -3.10. The second-order valence-corrected chi connectivity index (χ2v) is 10.3. The van der Waals surface area contributed by atoms with Gasteiger partial charge in [0.25, 0.3) is 0 Å². The molecule has 3 heterocycles. The van der Waals surface area contributed by atoms with Crippen molar-refractivity contribution in [2.45, 2.75) is 52.5 Å². The Kier molecular flexibility index (Phi) is 7.93. The molecule has 0 amide bonds. The van der Waals surface area contributed by atoms with Gasteiger partial charge in [-0.25, -0.2) is 19.3 Å². The van der Waals surface area contributed by atoms with Crippen LogP contribution in [0.3, 0.4) is 0 Å². The van der Waals surface area contributed by atoms with E-state index in [9.17, 15) is 4.39 Å². The Morgan fingerprint density at radius 1 is 1.11 bits per heavy atom. The SMILES string of the molecule is C=C.CCc1nc(C)c(-c2csc(Nc3ccc4c(n3)CCCC4Nc3ccc(C)cc3F)n2)s1. The van der Waals surface area contributed by atoms with Gasteiger partial charge in [0.05, 0.1) is 33.0 Å². The summed E-state index contributed by atoms with van der Waals surface area (Å²) in [6.07, 6.45) is 3.83. The Bertz CT molecular complexity index is 1310. The second kappa shape index (κ2) is 11.1. The number of aryl methyl sites for hydroxylation is 4. The first-order valence-corrected chi connectivity index (χ1v) is 13.4. The maximum Gasteiger partial charge on any atom is 0.188 e. The molecule has 8 heteroatoms. The molecular weight excluding hydrogens is 477 g/mol. The van der Waals surface area contributed by atoms with Gasteiger partial charge in [0.1, 0.15) is 11.6 Å². The van der Waals surface area contributed by atoms with Gasteiger partial charge in [0.2, 0.25) is 0 Å². The molecule has 0 saturated heterocycles. The number of fused-ring (bicyclic) bond motifs is 1. The zero-order valence-electron chi connectivity index (χ0n) is 20.3. The number of thiazole rings is 2. The number of rotatable bonds is 6. The second-order valence-electron chi connectivity index (χ2n) is 8.34. The number of pyridine rings is 1. The molecule has 0 spiro atoms. The number of halogens is 1. The first-order valence-electron chi connectivity index (χ1n) is 11.7. The summed E-state index contributed by atoms with van der Waals surface area (Å²) in [7, 11) is 0. The van der Waals surface area contributed by atoms with Gasteiger partial charge in [-0.3, -0.25) is 0 Å². The molecule has 4 aromatic rings. The summed E-state index contributed by atoms with van der Waals surface area (Å²) in [5, 5.41) is 10.8. The fraction of sp³-hybridized carbons (Fsp3) is 0.296. The minimum Gasteiger partial charge on any atom is -0.376 e. The molecule has 1 aliphatic carbocycles. The number of hydrogen-bond donors (Lipinski definition) is 2. The van der Waals surface area contributed by atoms with E-state index in [0.717, 1.165) is 74.7 Å². The summed E-state index contributed by atoms with van der Waals surface area (Å²) in [5.41, 5.74) is 5.64. The summed E-state index contributed by atoms with van der Waals surface area (Å²) in [6, 6.07) is 9.45. The van der Waals surface area contributed by atoms with Crippen LogP contribution in [0.15, 0.2) is 48.9 Å². The van der Waals surface area contributed by atoms with E-state index in [-0.39, 0.29) is 11.9 Å². The molecule has 0 saturated carbocycles. The summed E-state index contributed by atoms with van der Waals surface area (Å²) in [6.45, 7) is 12.1. The van der Waals surface area contributed by atoms with Crippen LogP contribution in [0.5, 0.6) is 0 Å². The summed E-state index contributed by atoms with van der Waals surface area (Å²) >= 11 is 3.28. The lowest BCUT2D eigenvalue weighted by Crippen LogP contribution is -2.19. The van der Waals surface area contributed by atoms with E-state index in [4.69, 9.17) is 9.97 Å². The maximum atomic E-state index is 14.4. The van der Waals surface area contributed by atoms with Crippen LogP contribution in [0.4, 0.5) is 21.0 Å². The third-order valence-electron chi connectivity index (χ3n) is 5.86. The minimum absolute atomic E-state index is 0.0565. The highest BCUT2D eigenvalue weighted by molar-refractivity contribution is 7.16. The number of hydrogen-bond acceptors (Lipinski definition) is 7. The van der Waals surface area contributed by atoms with Crippen molar-refractivity contribution in [3.63, 3.8) is 0 Å². The molecule has 0 radical (unpaired) electrons. The molecule has 2 N–H and O–H groups in total. The first-order chi connectivity index (χ1) is 17.0. The van der Waals surface area contributed by atoms with Crippen molar-refractivity contribution in [3.8, 4) is 10.6 Å². The predicted molar refractivity (Wildman–Crippen MR) is 147 cm³/mol. The number of nitrogens with one attached hydrogen (secondary N) is 2. The largest absolute Gasteiger partial charge is 0.376 e. The van der Waals surface area contributed by atoms with Gasteiger partial charge in [-0.1, -0.05) is 19.1 Å². The van der Waals surface area contributed by atoms with Crippen molar-refractivity contribution in [2.24, 2.45) is 0 Å². The van der Waals surface area contributed by atoms with Crippen molar-refractivity contribution in [3.05, 3.63) is 82.2 Å². The van der Waals surface area contributed by atoms with Crippen LogP contribution in [0.25, 0.3) is 10.6 Å². The van der Waals surface area contributed by atoms with Crippen LogP contribution in [0.2, 0.25) is 0 Å². The molecule has 35 heavy (non-hydrogen) atoms. The summed E-state index contributed by atoms with van der Waals surface area (Å²) in [4.78, 5) is 15.4. The van der Waals surface area contributed by atoms with Crippen LogP contribution in [0, 0.1) is 19.7 Å². The van der Waals surface area contributed by atoms with E-state index < -0.39 is 0 Å². The van der Waals surface area contributed by atoms with Crippen LogP contribution < -0.4 is 10.6 Å². The van der Waals surface area contributed by atoms with E-state index in [1.54, 1.807) is 28.7 Å². The summed E-state index contributed by atoms with van der Waals surface area (Å²) in [5.74, 6) is 0.572. The fourth-order valence-electron chi connectivity index (χ4n) is 4.19. The van der Waals surface area contributed by atoms with E-state index in [0.29, 0.717) is 5.69 Å². The quantitative estimate of drug-likeness (QED) is 0.259. The number of nitrogens with zero attached hydrogens (tertiary/aromatic N) is 3. The van der Waals surface area contributed by atoms with E-state index in [1.807, 2.05) is 32.0 Å². The maximum absolute atomic E-state index is 14.4. The van der Waals surface area contributed by atoms with Gasteiger partial charge in [0.15, 0.2) is 5.13 Å². The Morgan fingerprint density at radius 2 is 1.94 bits per heavy atom. The zero-order chi connectivity index (χ0) is 24.9. The number of benzene rings is 1. The highest BCUT2D eigenvalue weighted by atomic mass is 32.1. The molecule has 0 fully saturated rings. The predicted octanol–water partition coefficient (Wildman–Crippen LogP) is 8.02. The van der Waals surface area contributed by atoms with E-state index >= 15 is 0 Å². The Labute approximate surface area is 214 Å². The Balaban J connectivity index is 0.00000141. The molecule has 182 valence electrons. The van der Waals surface area contributed by atoms with Gasteiger partial charge >= 0.3 is 0 Å². The first kappa shape index (κ1) is 25.0. The van der Waals surface area contributed by atoms with E-state index in [2.05, 4.69) is 47.1 Å². The van der Waals surface area contributed by atoms with Crippen molar-refractivity contribution in [1.29, 1.82) is 0 Å². The van der Waals surface area contributed by atoms with Crippen LogP contribution in [0.1, 0.15) is 53.3 Å². The third-order valence-corrected chi connectivity index (χ3v) is 7.94. The Morgan fingerprint density at radius 3 is 2.69 bits per heavy atom. The minimum atomic E-state index is -0.213. The highest BCUT2D eigenvalue weighted by Gasteiger charge is 2.23. The zero-order valence-corrected chi connectivity index (χ0v) is 22.0. The molecule has 1 aromatic carbocycles. The molecule has 5 rings (SSSR count). The fourth-order valence-corrected chi connectivity index (χ4v) is 5.94. The highest BCUT2D eigenvalue weighted by Crippen LogP contribution is 2.35.